The quantitative estimate of drug-likeness (QED) is 0.100. The van der Waals surface area contributed by atoms with Crippen molar-refractivity contribution >= 4 is 54.0 Å². The van der Waals surface area contributed by atoms with Gasteiger partial charge in [0.25, 0.3) is 25.8 Å². The molecule has 0 saturated carbocycles. The van der Waals surface area contributed by atoms with E-state index in [-0.39, 0.29) is 19.5 Å². The highest BCUT2D eigenvalue weighted by atomic mass is 32.2. The Balaban J connectivity index is 1.29. The average Bonchev–Trinajstić information content (AvgIpc) is 3.79. The van der Waals surface area contributed by atoms with Gasteiger partial charge in [0.05, 0.1) is 34.5 Å². The van der Waals surface area contributed by atoms with E-state index in [1.165, 1.54) is 0 Å². The molecule has 0 spiro atoms. The molecule has 7 rings (SSSR count). The van der Waals surface area contributed by atoms with Crippen molar-refractivity contribution in [3.8, 4) is 22.6 Å². The van der Waals surface area contributed by atoms with Gasteiger partial charge >= 0.3 is 5.89 Å². The molecular formula is C38H36N3O8S2+. The van der Waals surface area contributed by atoms with Gasteiger partial charge in [0.2, 0.25) is 11.5 Å². The van der Waals surface area contributed by atoms with Crippen LogP contribution in [-0.4, -0.2) is 48.6 Å². The zero-order valence-corrected chi connectivity index (χ0v) is 29.3. The number of anilines is 1. The van der Waals surface area contributed by atoms with E-state index in [9.17, 15) is 25.9 Å². The molecule has 0 bridgehead atoms. The molecule has 4 aromatic carbocycles. The van der Waals surface area contributed by atoms with E-state index in [0.29, 0.717) is 35.2 Å². The molecule has 0 unspecified atom stereocenters. The number of fused-ring (bicyclic) bond motifs is 3. The standard InChI is InChI=1S/C38H35N3O8S2/c1-2-27(24-38-41(20-22-51(45,46)47)33-25-30(13-15-35(33)48-38)28-9-4-3-5-10-28)23-37-40(18-8-21-50(42,43)44)34-26-31(14-16-36(34)49-37)39-19-17-29-11-6-7-12-32(29)39/h3-7,9-17,19,23-26H,2,8,18,20-22H2,1H3,(H-,42,43,44,45,46,47)/p+1. The lowest BCUT2D eigenvalue weighted by atomic mass is 10.0. The van der Waals surface area contributed by atoms with Crippen LogP contribution in [0.2, 0.25) is 0 Å². The van der Waals surface area contributed by atoms with E-state index in [2.05, 4.69) is 4.57 Å². The van der Waals surface area contributed by atoms with Gasteiger partial charge in [-0.25, -0.2) is 0 Å². The van der Waals surface area contributed by atoms with Crippen molar-refractivity contribution in [2.24, 2.45) is 0 Å². The smallest absolute Gasteiger partial charge is 0.374 e. The number of ether oxygens (including phenoxy) is 1. The minimum atomic E-state index is -4.27. The highest BCUT2D eigenvalue weighted by Crippen LogP contribution is 2.42. The number of benzene rings is 4. The maximum Gasteiger partial charge on any atom is 0.374 e. The predicted octanol–water partition coefficient (Wildman–Crippen LogP) is 7.03. The third kappa shape index (κ3) is 7.61. The number of rotatable bonds is 12. The van der Waals surface area contributed by atoms with Crippen molar-refractivity contribution in [2.45, 2.75) is 26.3 Å². The Morgan fingerprint density at radius 2 is 1.61 bits per heavy atom. The second kappa shape index (κ2) is 13.8. The number of aromatic nitrogens is 2. The van der Waals surface area contributed by atoms with Crippen LogP contribution < -0.4 is 14.2 Å². The molecule has 0 fully saturated rings. The maximum atomic E-state index is 11.8. The summed E-state index contributed by atoms with van der Waals surface area (Å²) in [4.78, 5) is 1.73. The molecule has 1 aliphatic heterocycles. The number of hydrogen-bond acceptors (Lipinski definition) is 7. The van der Waals surface area contributed by atoms with Gasteiger partial charge in [0.1, 0.15) is 0 Å². The van der Waals surface area contributed by atoms with Crippen LogP contribution in [0.3, 0.4) is 0 Å². The fourth-order valence-electron chi connectivity index (χ4n) is 6.31. The Morgan fingerprint density at radius 1 is 0.843 bits per heavy atom. The van der Waals surface area contributed by atoms with Gasteiger partial charge in [0, 0.05) is 31.3 Å². The van der Waals surface area contributed by atoms with Gasteiger partial charge < -0.3 is 18.6 Å². The molecule has 6 aromatic rings. The molecule has 13 heteroatoms. The minimum absolute atomic E-state index is 0.0516. The molecule has 1 aliphatic rings. The van der Waals surface area contributed by atoms with E-state index in [0.717, 1.165) is 38.8 Å². The first-order chi connectivity index (χ1) is 24.5. The second-order valence-corrected chi connectivity index (χ2v) is 15.4. The normalized spacial score (nSPS) is 14.5. The summed E-state index contributed by atoms with van der Waals surface area (Å²) in [5, 5.41) is 1.09. The summed E-state index contributed by atoms with van der Waals surface area (Å²) in [6.07, 6.45) is 6.32. The monoisotopic (exact) mass is 726 g/mol. The summed E-state index contributed by atoms with van der Waals surface area (Å²) in [7, 11) is -8.45. The Morgan fingerprint density at radius 3 is 2.37 bits per heavy atom. The first kappa shape index (κ1) is 34.2. The summed E-state index contributed by atoms with van der Waals surface area (Å²) >= 11 is 0. The number of hydrogen-bond donors (Lipinski definition) is 2. The van der Waals surface area contributed by atoms with E-state index < -0.39 is 31.7 Å². The lowest BCUT2D eigenvalue weighted by molar-refractivity contribution is -0.677. The van der Waals surface area contributed by atoms with Gasteiger partial charge in [-0.2, -0.15) is 21.4 Å². The Bertz CT molecular complexity index is 2540. The van der Waals surface area contributed by atoms with Crippen LogP contribution in [0.1, 0.15) is 25.7 Å². The van der Waals surface area contributed by atoms with Crippen molar-refractivity contribution in [2.75, 3.05) is 23.0 Å². The zero-order valence-electron chi connectivity index (χ0n) is 27.7. The van der Waals surface area contributed by atoms with Crippen LogP contribution in [0.25, 0.3) is 44.9 Å². The average molecular weight is 727 g/mol. The molecular weight excluding hydrogens is 691 g/mol. The van der Waals surface area contributed by atoms with Crippen LogP contribution in [0, 0.1) is 0 Å². The Labute approximate surface area is 295 Å². The van der Waals surface area contributed by atoms with Crippen LogP contribution in [0.4, 0.5) is 5.69 Å². The molecule has 0 radical (unpaired) electrons. The van der Waals surface area contributed by atoms with Crippen molar-refractivity contribution in [3.05, 3.63) is 127 Å². The van der Waals surface area contributed by atoms with Crippen LogP contribution >= 0.6 is 0 Å². The molecule has 11 nitrogen and oxygen atoms in total. The van der Waals surface area contributed by atoms with Gasteiger partial charge in [-0.3, -0.25) is 9.11 Å². The molecule has 0 saturated heterocycles. The fourth-order valence-corrected chi connectivity index (χ4v) is 7.22. The third-order valence-electron chi connectivity index (χ3n) is 8.81. The summed E-state index contributed by atoms with van der Waals surface area (Å²) < 4.78 is 82.6. The van der Waals surface area contributed by atoms with Gasteiger partial charge in [-0.15, -0.1) is 0 Å². The highest BCUT2D eigenvalue weighted by molar-refractivity contribution is 7.86. The minimum Gasteiger partial charge on any atom is -0.439 e. The largest absolute Gasteiger partial charge is 0.439 e. The predicted molar refractivity (Wildman–Crippen MR) is 197 cm³/mol. The molecule has 0 aliphatic carbocycles. The number of para-hydroxylation sites is 1. The van der Waals surface area contributed by atoms with Crippen molar-refractivity contribution in [1.82, 2.24) is 4.57 Å². The van der Waals surface area contributed by atoms with E-state index in [1.807, 2.05) is 121 Å². The van der Waals surface area contributed by atoms with Gasteiger partial charge in [-0.05, 0) is 64.9 Å². The fraction of sp³-hybridized carbons (Fsp3) is 0.184. The number of oxazole rings is 1. The SMILES string of the molecule is CCC(/C=C1\Oc2ccc(-c3ccccc3)cc2N1CCS(=O)(=O)O)=C\c1oc2ccc(-n3ccc4ccccc43)cc2[n+]1CCCS(=O)(=O)O. The second-order valence-electron chi connectivity index (χ2n) is 12.3. The first-order valence-electron chi connectivity index (χ1n) is 16.5. The number of aryl methyl sites for hydroxylation is 1. The van der Waals surface area contributed by atoms with Crippen molar-refractivity contribution in [3.63, 3.8) is 0 Å². The summed E-state index contributed by atoms with van der Waals surface area (Å²) in [6, 6.07) is 31.4. The van der Waals surface area contributed by atoms with Gasteiger partial charge in [0.15, 0.2) is 12.3 Å². The van der Waals surface area contributed by atoms with Crippen LogP contribution in [0.5, 0.6) is 5.75 Å². The summed E-state index contributed by atoms with van der Waals surface area (Å²) in [5.74, 6) is 0.449. The van der Waals surface area contributed by atoms with E-state index >= 15 is 0 Å². The first-order valence-corrected chi connectivity index (χ1v) is 19.7. The molecule has 2 aromatic heterocycles. The Kier molecular flexibility index (Phi) is 9.29. The Hall–Kier alpha value is -5.21. The van der Waals surface area contributed by atoms with Crippen LogP contribution in [0.15, 0.2) is 125 Å². The maximum absolute atomic E-state index is 11.8. The molecule has 0 amide bonds. The molecule has 51 heavy (non-hydrogen) atoms. The highest BCUT2D eigenvalue weighted by Gasteiger charge is 2.29. The lowest BCUT2D eigenvalue weighted by Crippen LogP contribution is -2.36. The van der Waals surface area contributed by atoms with Crippen molar-refractivity contribution < 1.29 is 39.7 Å². The summed E-state index contributed by atoms with van der Waals surface area (Å²) in [6.45, 7) is 2.15. The number of allylic oxidation sites excluding steroid dienone is 2. The lowest BCUT2D eigenvalue weighted by Gasteiger charge is -2.18. The van der Waals surface area contributed by atoms with Crippen LogP contribution in [-0.2, 0) is 26.8 Å². The van der Waals surface area contributed by atoms with Crippen molar-refractivity contribution in [1.29, 1.82) is 0 Å². The third-order valence-corrected chi connectivity index (χ3v) is 10.3. The molecule has 262 valence electrons. The molecule has 2 N–H and O–H groups in total. The number of nitrogens with zero attached hydrogens (tertiary/aromatic N) is 3. The summed E-state index contributed by atoms with van der Waals surface area (Å²) in [5.41, 5.74) is 6.59. The topological polar surface area (TPSA) is 143 Å². The van der Waals surface area contributed by atoms with E-state index in [4.69, 9.17) is 9.15 Å². The molecule has 0 atom stereocenters. The zero-order chi connectivity index (χ0) is 35.8. The molecule has 3 heterocycles. The van der Waals surface area contributed by atoms with Gasteiger partial charge in [-0.1, -0.05) is 61.5 Å². The van der Waals surface area contributed by atoms with E-state index in [1.54, 1.807) is 11.0 Å².